The van der Waals surface area contributed by atoms with Crippen LogP contribution >= 0.6 is 0 Å². The minimum atomic E-state index is -1.72. The Labute approximate surface area is 177 Å². The second-order valence-corrected chi connectivity index (χ2v) is 16.7. The van der Waals surface area contributed by atoms with Crippen LogP contribution in [0.4, 0.5) is 0 Å². The van der Waals surface area contributed by atoms with E-state index in [1.807, 2.05) is 7.11 Å². The van der Waals surface area contributed by atoms with Crippen LogP contribution in [0.3, 0.4) is 0 Å². The molecular weight excluding hydrogens is 360 g/mol. The first kappa shape index (κ1) is 24.1. The summed E-state index contributed by atoms with van der Waals surface area (Å²) in [6.07, 6.45) is 11.9. The first-order valence-electron chi connectivity index (χ1n) is 11.6. The van der Waals surface area contributed by atoms with Gasteiger partial charge in [0.25, 0.3) is 0 Å². The van der Waals surface area contributed by atoms with E-state index in [2.05, 4.69) is 67.6 Å². The predicted molar refractivity (Wildman–Crippen MR) is 124 cm³/mol. The monoisotopic (exact) mass is 408 g/mol. The van der Waals surface area contributed by atoms with Crippen molar-refractivity contribution in [1.29, 1.82) is 0 Å². The van der Waals surface area contributed by atoms with Gasteiger partial charge in [-0.25, -0.2) is 0 Å². The van der Waals surface area contributed by atoms with Crippen molar-refractivity contribution in [2.45, 2.75) is 123 Å². The summed E-state index contributed by atoms with van der Waals surface area (Å²) in [4.78, 5) is 0. The van der Waals surface area contributed by atoms with Crippen molar-refractivity contribution in [2.24, 2.45) is 17.3 Å². The zero-order chi connectivity index (χ0) is 21.4. The van der Waals surface area contributed by atoms with Gasteiger partial charge < -0.3 is 9.16 Å². The van der Waals surface area contributed by atoms with Crippen molar-refractivity contribution in [3.8, 4) is 0 Å². The number of allylic oxidation sites excluding steroid dienone is 2. The van der Waals surface area contributed by atoms with Gasteiger partial charge in [0.15, 0.2) is 8.32 Å². The highest BCUT2D eigenvalue weighted by Gasteiger charge is 2.51. The molecule has 0 aromatic heterocycles. The van der Waals surface area contributed by atoms with Crippen LogP contribution in [0.5, 0.6) is 0 Å². The lowest BCUT2D eigenvalue weighted by atomic mass is 9.63. The molecule has 2 aliphatic rings. The van der Waals surface area contributed by atoms with Gasteiger partial charge in [0.1, 0.15) is 0 Å². The van der Waals surface area contributed by atoms with Gasteiger partial charge >= 0.3 is 0 Å². The molecule has 2 nitrogen and oxygen atoms in total. The molecule has 0 bridgehead atoms. The molecular formula is C25H48O2Si. The van der Waals surface area contributed by atoms with Gasteiger partial charge in [0.2, 0.25) is 0 Å². The molecule has 164 valence electrons. The first-order valence-corrected chi connectivity index (χ1v) is 14.5. The number of hydrogen-bond acceptors (Lipinski definition) is 2. The first-order chi connectivity index (χ1) is 12.7. The quantitative estimate of drug-likeness (QED) is 0.317. The van der Waals surface area contributed by atoms with E-state index in [1.165, 1.54) is 32.1 Å². The third-order valence-electron chi connectivity index (χ3n) is 8.47. The highest BCUT2D eigenvalue weighted by molar-refractivity contribution is 6.74. The Morgan fingerprint density at radius 2 is 1.75 bits per heavy atom. The zero-order valence-corrected chi connectivity index (χ0v) is 21.6. The van der Waals surface area contributed by atoms with Gasteiger partial charge in [0, 0.05) is 7.11 Å². The summed E-state index contributed by atoms with van der Waals surface area (Å²) in [5.41, 5.74) is 2.01. The zero-order valence-electron chi connectivity index (χ0n) is 20.6. The maximum atomic E-state index is 6.72. The molecule has 0 aliphatic heterocycles. The van der Waals surface area contributed by atoms with Crippen LogP contribution in [0.2, 0.25) is 18.1 Å². The summed E-state index contributed by atoms with van der Waals surface area (Å²) in [6.45, 7) is 21.2. The fraction of sp³-hybridized carbons (Fsp3) is 0.920. The second-order valence-electron chi connectivity index (χ2n) is 12.0. The standard InChI is InChI=1S/C25H48O2Si/c1-19(13-11-17-24(5,6)27-28(9,10)23(2,3)4)20-15-16-21-22(26-8)14-12-18-25(20,21)7/h13,20-22H,11-12,14-18H2,1-10H3/t20-,21+,22+,25-/m1/s1. The smallest absolute Gasteiger partial charge is 0.192 e. The average molecular weight is 409 g/mol. The molecule has 4 atom stereocenters. The summed E-state index contributed by atoms with van der Waals surface area (Å²) in [5.74, 6) is 1.48. The van der Waals surface area contributed by atoms with Crippen LogP contribution in [0.25, 0.3) is 0 Å². The van der Waals surface area contributed by atoms with Crippen LogP contribution < -0.4 is 0 Å². The van der Waals surface area contributed by atoms with Crippen LogP contribution in [0, 0.1) is 17.3 Å². The Balaban J connectivity index is 1.99. The minimum Gasteiger partial charge on any atom is -0.412 e. The van der Waals surface area contributed by atoms with E-state index >= 15 is 0 Å². The fourth-order valence-electron chi connectivity index (χ4n) is 5.83. The average Bonchev–Trinajstić information content (AvgIpc) is 2.89. The Morgan fingerprint density at radius 3 is 2.32 bits per heavy atom. The summed E-state index contributed by atoms with van der Waals surface area (Å²) in [7, 11) is 0.189. The predicted octanol–water partition coefficient (Wildman–Crippen LogP) is 7.74. The summed E-state index contributed by atoms with van der Waals surface area (Å²) in [5, 5.41) is 0.266. The molecule has 0 spiro atoms. The van der Waals surface area contributed by atoms with Crippen LogP contribution in [-0.2, 0) is 9.16 Å². The second kappa shape index (κ2) is 8.55. The molecule has 0 aromatic carbocycles. The van der Waals surface area contributed by atoms with Crippen LogP contribution in [0.15, 0.2) is 11.6 Å². The molecule has 0 saturated heterocycles. The van der Waals surface area contributed by atoms with Gasteiger partial charge in [-0.15, -0.1) is 0 Å². The third kappa shape index (κ3) is 5.13. The third-order valence-corrected chi connectivity index (χ3v) is 13.1. The van der Waals surface area contributed by atoms with Gasteiger partial charge in [-0.2, -0.15) is 0 Å². The van der Waals surface area contributed by atoms with Gasteiger partial charge in [-0.3, -0.25) is 0 Å². The van der Waals surface area contributed by atoms with E-state index in [-0.39, 0.29) is 10.6 Å². The van der Waals surface area contributed by atoms with Crippen molar-refractivity contribution in [3.05, 3.63) is 11.6 Å². The molecule has 3 heteroatoms. The van der Waals surface area contributed by atoms with Crippen LogP contribution in [0.1, 0.15) is 93.4 Å². The van der Waals surface area contributed by atoms with Crippen molar-refractivity contribution >= 4 is 8.32 Å². The molecule has 2 aliphatic carbocycles. The Hall–Kier alpha value is -0.123. The highest BCUT2D eigenvalue weighted by Crippen LogP contribution is 2.58. The Kier molecular flexibility index (Phi) is 7.37. The summed E-state index contributed by atoms with van der Waals surface area (Å²) < 4.78 is 12.6. The molecule has 0 unspecified atom stereocenters. The summed E-state index contributed by atoms with van der Waals surface area (Å²) in [6, 6.07) is 0. The fourth-order valence-corrected chi connectivity index (χ4v) is 7.62. The Bertz CT molecular complexity index is 557. The van der Waals surface area contributed by atoms with Gasteiger partial charge in [-0.05, 0) is 94.7 Å². The van der Waals surface area contributed by atoms with Crippen molar-refractivity contribution < 1.29 is 9.16 Å². The number of hydrogen-bond donors (Lipinski definition) is 0. The number of fused-ring (bicyclic) bond motifs is 1. The largest absolute Gasteiger partial charge is 0.412 e. The minimum absolute atomic E-state index is 0.0477. The number of rotatable bonds is 7. The molecule has 28 heavy (non-hydrogen) atoms. The molecule has 0 N–H and O–H groups in total. The highest BCUT2D eigenvalue weighted by atomic mass is 28.4. The van der Waals surface area contributed by atoms with E-state index in [4.69, 9.17) is 9.16 Å². The molecule has 2 saturated carbocycles. The maximum Gasteiger partial charge on any atom is 0.192 e. The normalized spacial score (nSPS) is 32.5. The van der Waals surface area contributed by atoms with Crippen molar-refractivity contribution in [1.82, 2.24) is 0 Å². The van der Waals surface area contributed by atoms with E-state index in [9.17, 15) is 0 Å². The van der Waals surface area contributed by atoms with E-state index < -0.39 is 8.32 Å². The van der Waals surface area contributed by atoms with Crippen molar-refractivity contribution in [2.75, 3.05) is 7.11 Å². The topological polar surface area (TPSA) is 18.5 Å². The van der Waals surface area contributed by atoms with Crippen molar-refractivity contribution in [3.63, 3.8) is 0 Å². The molecule has 0 radical (unpaired) electrons. The lowest BCUT2D eigenvalue weighted by molar-refractivity contribution is -0.0378. The maximum absolute atomic E-state index is 6.72. The Morgan fingerprint density at radius 1 is 1.11 bits per heavy atom. The summed E-state index contributed by atoms with van der Waals surface area (Å²) >= 11 is 0. The van der Waals surface area contributed by atoms with E-state index in [1.54, 1.807) is 5.57 Å². The molecule has 0 aromatic rings. The number of methoxy groups -OCH3 is 1. The van der Waals surface area contributed by atoms with Gasteiger partial charge in [0.05, 0.1) is 11.7 Å². The van der Waals surface area contributed by atoms with E-state index in [0.717, 1.165) is 24.7 Å². The molecule has 2 fully saturated rings. The van der Waals surface area contributed by atoms with Gasteiger partial charge in [-0.1, -0.05) is 45.8 Å². The van der Waals surface area contributed by atoms with Crippen LogP contribution in [-0.4, -0.2) is 27.1 Å². The lowest BCUT2D eigenvalue weighted by Gasteiger charge is -2.45. The molecule has 0 amide bonds. The van der Waals surface area contributed by atoms with E-state index in [0.29, 0.717) is 11.5 Å². The SMILES string of the molecule is CO[C@H]1CCC[C@]2(C)[C@@H](C(C)=CCCC(C)(C)O[Si](C)(C)C(C)(C)C)CC[C@@H]12. The lowest BCUT2D eigenvalue weighted by Crippen LogP contribution is -2.47. The molecule has 2 rings (SSSR count). The number of ether oxygens (including phenoxy) is 1. The molecule has 0 heterocycles.